The number of hydrogen-bond acceptors (Lipinski definition) is 7. The molecule has 1 aliphatic heterocycles. The maximum Gasteiger partial charge on any atom is 0.338 e. The van der Waals surface area contributed by atoms with Gasteiger partial charge in [0.2, 0.25) is 0 Å². The van der Waals surface area contributed by atoms with E-state index in [1.807, 2.05) is 41.3 Å². The van der Waals surface area contributed by atoms with E-state index in [1.165, 1.54) is 0 Å². The van der Waals surface area contributed by atoms with E-state index in [0.29, 0.717) is 43.0 Å². The number of anilines is 2. The van der Waals surface area contributed by atoms with Crippen molar-refractivity contribution in [1.29, 1.82) is 0 Å². The number of amides is 1. The van der Waals surface area contributed by atoms with E-state index >= 15 is 0 Å². The van der Waals surface area contributed by atoms with E-state index in [4.69, 9.17) is 9.84 Å². The molecule has 1 fully saturated rings. The second-order valence-electron chi connectivity index (χ2n) is 7.31. The van der Waals surface area contributed by atoms with Gasteiger partial charge in [0, 0.05) is 38.3 Å². The fourth-order valence-corrected chi connectivity index (χ4v) is 3.50. The number of rotatable bonds is 8. The predicted molar refractivity (Wildman–Crippen MR) is 119 cm³/mol. The highest BCUT2D eigenvalue weighted by atomic mass is 16.5. The number of nitrogens with one attached hydrogen (secondary N) is 1. The number of carbonyl (C=O) groups is 2. The summed E-state index contributed by atoms with van der Waals surface area (Å²) in [6.07, 6.45) is -0.917. The highest BCUT2D eigenvalue weighted by molar-refractivity contribution is 5.94. The van der Waals surface area contributed by atoms with Crippen LogP contribution in [0.2, 0.25) is 0 Å². The number of esters is 1. The van der Waals surface area contributed by atoms with Gasteiger partial charge in [-0.2, -0.15) is 0 Å². The molecular formula is C23H29N3O5. The Morgan fingerprint density at radius 1 is 1.06 bits per heavy atom. The first-order valence-electron chi connectivity index (χ1n) is 10.5. The number of ether oxygens (including phenoxy) is 1. The molecule has 166 valence electrons. The number of hydrogen-bond donors (Lipinski definition) is 3. The van der Waals surface area contributed by atoms with Gasteiger partial charge in [-0.25, -0.2) is 4.79 Å². The molecule has 3 N–H and O–H groups in total. The SMILES string of the molecule is CCOC(=O)c1ccc(N2CCN(C(=O)c3ccccc3)CC2)c(NCC(O)CO)c1. The van der Waals surface area contributed by atoms with Crippen LogP contribution in [0, 0.1) is 0 Å². The molecule has 1 unspecified atom stereocenters. The Morgan fingerprint density at radius 3 is 2.42 bits per heavy atom. The first-order valence-corrected chi connectivity index (χ1v) is 10.5. The fraction of sp³-hybridized carbons (Fsp3) is 0.391. The molecule has 0 radical (unpaired) electrons. The molecule has 1 atom stereocenters. The van der Waals surface area contributed by atoms with Crippen LogP contribution in [0.3, 0.4) is 0 Å². The van der Waals surface area contributed by atoms with Crippen LogP contribution in [0.15, 0.2) is 48.5 Å². The number of carbonyl (C=O) groups excluding carboxylic acids is 2. The first-order chi connectivity index (χ1) is 15.0. The fourth-order valence-electron chi connectivity index (χ4n) is 3.50. The van der Waals surface area contributed by atoms with Crippen LogP contribution < -0.4 is 10.2 Å². The lowest BCUT2D eigenvalue weighted by Gasteiger charge is -2.37. The molecule has 2 aromatic carbocycles. The molecule has 0 aromatic heterocycles. The van der Waals surface area contributed by atoms with Gasteiger partial charge in [-0.05, 0) is 37.3 Å². The number of nitrogens with zero attached hydrogens (tertiary/aromatic N) is 2. The summed E-state index contributed by atoms with van der Waals surface area (Å²) in [5.41, 5.74) is 2.62. The molecule has 8 heteroatoms. The number of piperazine rings is 1. The summed E-state index contributed by atoms with van der Waals surface area (Å²) < 4.78 is 5.08. The third-order valence-electron chi connectivity index (χ3n) is 5.17. The van der Waals surface area contributed by atoms with Gasteiger partial charge < -0.3 is 30.1 Å². The standard InChI is InChI=1S/C23H29N3O5/c1-2-31-23(30)18-8-9-21(20(14-18)24-15-19(28)16-27)25-10-12-26(13-11-25)22(29)17-6-4-3-5-7-17/h3-9,14,19,24,27-28H,2,10-13,15-16H2,1H3. The zero-order chi connectivity index (χ0) is 22.2. The van der Waals surface area contributed by atoms with Crippen LogP contribution in [0.4, 0.5) is 11.4 Å². The van der Waals surface area contributed by atoms with E-state index in [2.05, 4.69) is 10.2 Å². The van der Waals surface area contributed by atoms with E-state index in [0.717, 1.165) is 5.69 Å². The van der Waals surface area contributed by atoms with Crippen molar-refractivity contribution in [2.24, 2.45) is 0 Å². The molecule has 0 bridgehead atoms. The monoisotopic (exact) mass is 427 g/mol. The van der Waals surface area contributed by atoms with Crippen LogP contribution in [-0.4, -0.2) is 79.0 Å². The van der Waals surface area contributed by atoms with Gasteiger partial charge in [-0.3, -0.25) is 4.79 Å². The summed E-state index contributed by atoms with van der Waals surface area (Å²) in [6.45, 7) is 4.23. The van der Waals surface area contributed by atoms with E-state index < -0.39 is 12.1 Å². The molecular weight excluding hydrogens is 398 g/mol. The third-order valence-corrected chi connectivity index (χ3v) is 5.17. The van der Waals surface area contributed by atoms with Crippen LogP contribution in [0.5, 0.6) is 0 Å². The van der Waals surface area contributed by atoms with Gasteiger partial charge in [-0.1, -0.05) is 18.2 Å². The van der Waals surface area contributed by atoms with Crippen molar-refractivity contribution >= 4 is 23.3 Å². The molecule has 2 aromatic rings. The number of aliphatic hydroxyl groups is 2. The minimum Gasteiger partial charge on any atom is -0.462 e. The van der Waals surface area contributed by atoms with Crippen LogP contribution in [0.1, 0.15) is 27.6 Å². The Bertz CT molecular complexity index is 882. The van der Waals surface area contributed by atoms with Gasteiger partial charge in [-0.15, -0.1) is 0 Å². The van der Waals surface area contributed by atoms with E-state index in [1.54, 1.807) is 19.1 Å². The molecule has 1 aliphatic rings. The summed E-state index contributed by atoms with van der Waals surface area (Å²) in [7, 11) is 0. The normalized spacial score (nSPS) is 14.8. The molecule has 31 heavy (non-hydrogen) atoms. The molecule has 1 saturated heterocycles. The van der Waals surface area contributed by atoms with Gasteiger partial charge in [0.15, 0.2) is 0 Å². The van der Waals surface area contributed by atoms with Crippen molar-refractivity contribution in [2.45, 2.75) is 13.0 Å². The van der Waals surface area contributed by atoms with Crippen molar-refractivity contribution < 1.29 is 24.5 Å². The summed E-state index contributed by atoms with van der Waals surface area (Å²) in [5, 5.41) is 22.0. The largest absolute Gasteiger partial charge is 0.462 e. The summed E-state index contributed by atoms with van der Waals surface area (Å²) in [4.78, 5) is 28.8. The Labute approximate surface area is 182 Å². The Balaban J connectivity index is 1.73. The number of aliphatic hydroxyl groups excluding tert-OH is 2. The summed E-state index contributed by atoms with van der Waals surface area (Å²) in [6, 6.07) is 14.5. The lowest BCUT2D eigenvalue weighted by atomic mass is 10.1. The Kier molecular flexibility index (Phi) is 7.86. The molecule has 0 aliphatic carbocycles. The Morgan fingerprint density at radius 2 is 1.77 bits per heavy atom. The maximum atomic E-state index is 12.7. The van der Waals surface area contributed by atoms with Crippen molar-refractivity contribution in [1.82, 2.24) is 4.90 Å². The minimum absolute atomic E-state index is 0.0160. The lowest BCUT2D eigenvalue weighted by molar-refractivity contribution is 0.0526. The Hall–Kier alpha value is -3.10. The van der Waals surface area contributed by atoms with Crippen LogP contribution >= 0.6 is 0 Å². The van der Waals surface area contributed by atoms with Gasteiger partial charge in [0.25, 0.3) is 5.91 Å². The highest BCUT2D eigenvalue weighted by Gasteiger charge is 2.24. The topological polar surface area (TPSA) is 102 Å². The lowest BCUT2D eigenvalue weighted by Crippen LogP contribution is -2.49. The summed E-state index contributed by atoms with van der Waals surface area (Å²) in [5.74, 6) is -0.402. The zero-order valence-electron chi connectivity index (χ0n) is 17.7. The van der Waals surface area contributed by atoms with Gasteiger partial charge in [0.05, 0.1) is 36.3 Å². The van der Waals surface area contributed by atoms with Crippen LogP contribution in [0.25, 0.3) is 0 Å². The van der Waals surface area contributed by atoms with Crippen molar-refractivity contribution in [3.8, 4) is 0 Å². The van der Waals surface area contributed by atoms with Gasteiger partial charge in [0.1, 0.15) is 0 Å². The molecule has 3 rings (SSSR count). The molecule has 8 nitrogen and oxygen atoms in total. The second kappa shape index (κ2) is 10.8. The van der Waals surface area contributed by atoms with Crippen molar-refractivity contribution in [3.63, 3.8) is 0 Å². The molecule has 0 saturated carbocycles. The quantitative estimate of drug-likeness (QED) is 0.550. The zero-order valence-corrected chi connectivity index (χ0v) is 17.7. The number of benzene rings is 2. The molecule has 0 spiro atoms. The van der Waals surface area contributed by atoms with Gasteiger partial charge >= 0.3 is 5.97 Å². The third kappa shape index (κ3) is 5.74. The molecule has 1 amide bonds. The van der Waals surface area contributed by atoms with Crippen molar-refractivity contribution in [2.75, 3.05) is 56.2 Å². The molecule has 1 heterocycles. The smallest absolute Gasteiger partial charge is 0.338 e. The maximum absolute atomic E-state index is 12.7. The highest BCUT2D eigenvalue weighted by Crippen LogP contribution is 2.29. The van der Waals surface area contributed by atoms with E-state index in [9.17, 15) is 14.7 Å². The minimum atomic E-state index is -0.917. The van der Waals surface area contributed by atoms with Crippen LogP contribution in [-0.2, 0) is 4.74 Å². The van der Waals surface area contributed by atoms with E-state index in [-0.39, 0.29) is 25.7 Å². The summed E-state index contributed by atoms with van der Waals surface area (Å²) >= 11 is 0. The average Bonchev–Trinajstić information content (AvgIpc) is 2.82. The van der Waals surface area contributed by atoms with Crippen molar-refractivity contribution in [3.05, 3.63) is 59.7 Å². The average molecular weight is 428 g/mol. The second-order valence-corrected chi connectivity index (χ2v) is 7.31. The predicted octanol–water partition coefficient (Wildman–Crippen LogP) is 1.59. The first kappa shape index (κ1) is 22.6.